The zero-order chi connectivity index (χ0) is 18.6. The first-order chi connectivity index (χ1) is 11.7. The summed E-state index contributed by atoms with van der Waals surface area (Å²) in [7, 11) is -3.63. The Bertz CT molecular complexity index is 882. The summed E-state index contributed by atoms with van der Waals surface area (Å²) in [6, 6.07) is 11.9. The fourth-order valence-corrected chi connectivity index (χ4v) is 3.72. The molecule has 1 N–H and O–H groups in total. The van der Waals surface area contributed by atoms with Gasteiger partial charge in [0.25, 0.3) is 0 Å². The largest absolute Gasteiger partial charge is 0.310 e. The van der Waals surface area contributed by atoms with E-state index in [-0.39, 0.29) is 23.9 Å². The number of carbonyl (C=O) groups is 1. The minimum atomic E-state index is -3.63. The molecular formula is C18H21ClN2O3S. The van der Waals surface area contributed by atoms with E-state index in [4.69, 9.17) is 11.6 Å². The average Bonchev–Trinajstić information content (AvgIpc) is 2.54. The smallest absolute Gasteiger partial charge is 0.240 e. The molecule has 0 spiro atoms. The van der Waals surface area contributed by atoms with Crippen molar-refractivity contribution in [2.75, 3.05) is 18.0 Å². The van der Waals surface area contributed by atoms with Crippen molar-refractivity contribution in [3.05, 3.63) is 58.6 Å². The van der Waals surface area contributed by atoms with E-state index in [1.165, 1.54) is 11.8 Å². The lowest BCUT2D eigenvalue weighted by molar-refractivity contribution is -0.116. The molecule has 25 heavy (non-hydrogen) atoms. The highest BCUT2D eigenvalue weighted by atomic mass is 35.5. The topological polar surface area (TPSA) is 66.5 Å². The molecule has 0 fully saturated rings. The third-order valence-electron chi connectivity index (χ3n) is 3.94. The number of carbonyl (C=O) groups excluding carboxylic acids is 1. The first kappa shape index (κ1) is 19.4. The Morgan fingerprint density at radius 1 is 1.12 bits per heavy atom. The highest BCUT2D eigenvalue weighted by molar-refractivity contribution is 7.89. The number of hydrogen-bond donors (Lipinski definition) is 1. The first-order valence-electron chi connectivity index (χ1n) is 7.82. The number of nitrogens with zero attached hydrogens (tertiary/aromatic N) is 1. The van der Waals surface area contributed by atoms with Crippen LogP contribution in [0.3, 0.4) is 0 Å². The molecule has 2 rings (SSSR count). The van der Waals surface area contributed by atoms with Crippen LogP contribution in [-0.2, 0) is 14.8 Å². The number of para-hydroxylation sites is 1. The van der Waals surface area contributed by atoms with Gasteiger partial charge in [0, 0.05) is 20.0 Å². The molecule has 0 radical (unpaired) electrons. The van der Waals surface area contributed by atoms with Crippen molar-refractivity contribution in [1.29, 1.82) is 0 Å². The van der Waals surface area contributed by atoms with Crippen LogP contribution in [0.15, 0.2) is 47.4 Å². The number of anilines is 1. The molecule has 2 aromatic rings. The van der Waals surface area contributed by atoms with Crippen molar-refractivity contribution in [3.8, 4) is 0 Å². The number of benzene rings is 2. The van der Waals surface area contributed by atoms with Crippen molar-refractivity contribution in [2.45, 2.75) is 25.7 Å². The predicted octanol–water partition coefficient (Wildman–Crippen LogP) is 3.29. The molecule has 5 nitrogen and oxygen atoms in total. The number of amides is 1. The normalized spacial score (nSPS) is 11.4. The second-order valence-corrected chi connectivity index (χ2v) is 7.94. The zero-order valence-corrected chi connectivity index (χ0v) is 16.0. The Hall–Kier alpha value is -1.89. The zero-order valence-electron chi connectivity index (χ0n) is 14.4. The Balaban J connectivity index is 2.10. The van der Waals surface area contributed by atoms with Crippen LogP contribution >= 0.6 is 11.6 Å². The van der Waals surface area contributed by atoms with E-state index in [2.05, 4.69) is 4.72 Å². The van der Waals surface area contributed by atoms with Gasteiger partial charge in [0.1, 0.15) is 0 Å². The van der Waals surface area contributed by atoms with E-state index in [0.29, 0.717) is 10.7 Å². The third-order valence-corrected chi connectivity index (χ3v) is 5.72. The quantitative estimate of drug-likeness (QED) is 0.836. The fraction of sp³-hybridized carbons (Fsp3) is 0.278. The van der Waals surface area contributed by atoms with Crippen molar-refractivity contribution >= 4 is 33.2 Å². The van der Waals surface area contributed by atoms with Crippen LogP contribution in [0.4, 0.5) is 5.69 Å². The summed E-state index contributed by atoms with van der Waals surface area (Å²) in [5.74, 6) is -0.210. The van der Waals surface area contributed by atoms with Gasteiger partial charge in [-0.1, -0.05) is 29.8 Å². The molecule has 0 saturated carbocycles. The second-order valence-electron chi connectivity index (χ2n) is 5.77. The van der Waals surface area contributed by atoms with Gasteiger partial charge in [0.2, 0.25) is 15.9 Å². The Morgan fingerprint density at radius 2 is 1.80 bits per heavy atom. The molecule has 0 aromatic heterocycles. The lowest BCUT2D eigenvalue weighted by Crippen LogP contribution is -2.37. The molecule has 0 aliphatic heterocycles. The van der Waals surface area contributed by atoms with Crippen LogP contribution in [-0.4, -0.2) is 27.4 Å². The lowest BCUT2D eigenvalue weighted by atomic mass is 10.1. The van der Waals surface area contributed by atoms with Crippen LogP contribution in [0.25, 0.3) is 0 Å². The van der Waals surface area contributed by atoms with Gasteiger partial charge in [0.15, 0.2) is 0 Å². The van der Waals surface area contributed by atoms with Crippen LogP contribution in [0.1, 0.15) is 18.1 Å². The average molecular weight is 381 g/mol. The number of hydrogen-bond acceptors (Lipinski definition) is 3. The Kier molecular flexibility index (Phi) is 6.21. The van der Waals surface area contributed by atoms with Gasteiger partial charge in [-0.05, 0) is 49.2 Å². The summed E-state index contributed by atoms with van der Waals surface area (Å²) >= 11 is 6.13. The third kappa shape index (κ3) is 4.81. The van der Waals surface area contributed by atoms with Gasteiger partial charge in [-0.15, -0.1) is 0 Å². The van der Waals surface area contributed by atoms with Crippen LogP contribution < -0.4 is 9.62 Å². The number of sulfonamides is 1. The van der Waals surface area contributed by atoms with Gasteiger partial charge in [-0.25, -0.2) is 13.1 Å². The van der Waals surface area contributed by atoms with Crippen molar-refractivity contribution in [2.24, 2.45) is 0 Å². The molecule has 134 valence electrons. The molecule has 2 aromatic carbocycles. The monoisotopic (exact) mass is 380 g/mol. The Labute approximate surface area is 153 Å². The van der Waals surface area contributed by atoms with Gasteiger partial charge in [-0.3, -0.25) is 4.79 Å². The number of halogens is 1. The summed E-state index contributed by atoms with van der Waals surface area (Å²) in [5, 5.41) is 0.440. The van der Waals surface area contributed by atoms with E-state index in [1.807, 2.05) is 13.8 Å². The Morgan fingerprint density at radius 3 is 2.40 bits per heavy atom. The fourth-order valence-electron chi connectivity index (χ4n) is 2.37. The summed E-state index contributed by atoms with van der Waals surface area (Å²) in [6.45, 7) is 5.47. The maximum absolute atomic E-state index is 12.4. The SMILES string of the molecule is CC(=O)N(CCNS(=O)(=O)c1ccc(C)c(C)c1)c1ccccc1Cl. The predicted molar refractivity (Wildman–Crippen MR) is 101 cm³/mol. The summed E-state index contributed by atoms with van der Waals surface area (Å²) in [5.41, 5.74) is 2.49. The molecule has 0 saturated heterocycles. The van der Waals surface area contributed by atoms with E-state index >= 15 is 0 Å². The van der Waals surface area contributed by atoms with E-state index in [1.54, 1.807) is 42.5 Å². The molecule has 1 amide bonds. The van der Waals surface area contributed by atoms with Crippen molar-refractivity contribution in [3.63, 3.8) is 0 Å². The molecule has 0 heterocycles. The van der Waals surface area contributed by atoms with Crippen LogP contribution in [0, 0.1) is 13.8 Å². The van der Waals surface area contributed by atoms with Crippen molar-refractivity contribution in [1.82, 2.24) is 4.72 Å². The first-order valence-corrected chi connectivity index (χ1v) is 9.68. The maximum Gasteiger partial charge on any atom is 0.240 e. The number of aryl methyl sites for hydroxylation is 2. The van der Waals surface area contributed by atoms with E-state index in [0.717, 1.165) is 11.1 Å². The summed E-state index contributed by atoms with van der Waals surface area (Å²) in [4.78, 5) is 13.6. The molecule has 0 atom stereocenters. The van der Waals surface area contributed by atoms with E-state index < -0.39 is 10.0 Å². The highest BCUT2D eigenvalue weighted by Gasteiger charge is 2.18. The van der Waals surface area contributed by atoms with Gasteiger partial charge in [-0.2, -0.15) is 0 Å². The van der Waals surface area contributed by atoms with Crippen LogP contribution in [0.2, 0.25) is 5.02 Å². The minimum absolute atomic E-state index is 0.0834. The minimum Gasteiger partial charge on any atom is -0.310 e. The number of rotatable bonds is 6. The van der Waals surface area contributed by atoms with Crippen LogP contribution in [0.5, 0.6) is 0 Å². The van der Waals surface area contributed by atoms with Crippen molar-refractivity contribution < 1.29 is 13.2 Å². The maximum atomic E-state index is 12.4. The van der Waals surface area contributed by atoms with Gasteiger partial charge >= 0.3 is 0 Å². The summed E-state index contributed by atoms with van der Waals surface area (Å²) < 4.78 is 27.4. The standard InChI is InChI=1S/C18H21ClN2O3S/c1-13-8-9-16(12-14(13)2)25(23,24)20-10-11-21(15(3)22)18-7-5-4-6-17(18)19/h4-9,12,20H,10-11H2,1-3H3. The second kappa shape index (κ2) is 7.99. The molecule has 0 unspecified atom stereocenters. The molecule has 0 bridgehead atoms. The molecule has 7 heteroatoms. The summed E-state index contributed by atoms with van der Waals surface area (Å²) in [6.07, 6.45) is 0. The highest BCUT2D eigenvalue weighted by Crippen LogP contribution is 2.25. The molecular weight excluding hydrogens is 360 g/mol. The molecule has 0 aliphatic carbocycles. The number of nitrogens with one attached hydrogen (secondary N) is 1. The van der Waals surface area contributed by atoms with E-state index in [9.17, 15) is 13.2 Å². The molecule has 0 aliphatic rings. The lowest BCUT2D eigenvalue weighted by Gasteiger charge is -2.22. The van der Waals surface area contributed by atoms with Gasteiger partial charge < -0.3 is 4.90 Å². The van der Waals surface area contributed by atoms with Gasteiger partial charge in [0.05, 0.1) is 15.6 Å².